The number of hydrogen-bond acceptors (Lipinski definition) is 3. The van der Waals surface area contributed by atoms with Crippen LogP contribution in [0, 0.1) is 11.3 Å². The van der Waals surface area contributed by atoms with E-state index in [4.69, 9.17) is 0 Å². The average molecular weight is 223 g/mol. The first kappa shape index (κ1) is 11.0. The highest BCUT2D eigenvalue weighted by Crippen LogP contribution is 2.39. The predicted molar refractivity (Wildman–Crippen MR) is 66.6 cm³/mol. The van der Waals surface area contributed by atoms with Crippen molar-refractivity contribution in [2.24, 2.45) is 11.3 Å². The lowest BCUT2D eigenvalue weighted by Gasteiger charge is -2.60. The van der Waals surface area contributed by atoms with Crippen LogP contribution < -0.4 is 0 Å². The first-order valence-electron chi connectivity index (χ1n) is 6.75. The Labute approximate surface area is 99.4 Å². The smallest absolute Gasteiger partial charge is 0.0212 e. The molecule has 3 aliphatic rings. The van der Waals surface area contributed by atoms with E-state index in [1.165, 1.54) is 58.7 Å². The Balaban J connectivity index is 1.38. The fourth-order valence-corrected chi connectivity index (χ4v) is 3.94. The molecule has 0 unspecified atom stereocenters. The Morgan fingerprint density at radius 1 is 0.938 bits per heavy atom. The molecule has 0 aromatic rings. The molecule has 0 N–H and O–H groups in total. The molecular formula is C13H25N3. The van der Waals surface area contributed by atoms with Crippen molar-refractivity contribution in [2.45, 2.75) is 12.8 Å². The summed E-state index contributed by atoms with van der Waals surface area (Å²) in [6, 6.07) is 0. The van der Waals surface area contributed by atoms with E-state index in [9.17, 15) is 0 Å². The molecule has 3 nitrogen and oxygen atoms in total. The maximum atomic E-state index is 2.70. The number of nitrogens with zero attached hydrogens (tertiary/aromatic N) is 3. The van der Waals surface area contributed by atoms with Crippen LogP contribution in [-0.2, 0) is 0 Å². The Hall–Kier alpha value is -0.120. The van der Waals surface area contributed by atoms with Gasteiger partial charge in [-0.3, -0.25) is 0 Å². The number of piperidine rings is 1. The summed E-state index contributed by atoms with van der Waals surface area (Å²) in [4.78, 5) is 7.62. The second kappa shape index (κ2) is 3.97. The van der Waals surface area contributed by atoms with E-state index < -0.39 is 0 Å². The van der Waals surface area contributed by atoms with E-state index in [1.54, 1.807) is 0 Å². The van der Waals surface area contributed by atoms with Crippen LogP contribution in [-0.4, -0.2) is 74.6 Å². The van der Waals surface area contributed by atoms with Crippen molar-refractivity contribution in [3.05, 3.63) is 0 Å². The van der Waals surface area contributed by atoms with E-state index >= 15 is 0 Å². The molecule has 0 saturated carbocycles. The molecule has 3 rings (SSSR count). The van der Waals surface area contributed by atoms with Gasteiger partial charge in [0.1, 0.15) is 0 Å². The maximum Gasteiger partial charge on any atom is 0.0212 e. The van der Waals surface area contributed by atoms with Gasteiger partial charge in [0.25, 0.3) is 0 Å². The molecule has 16 heavy (non-hydrogen) atoms. The molecule has 0 atom stereocenters. The van der Waals surface area contributed by atoms with Crippen molar-refractivity contribution in [1.29, 1.82) is 0 Å². The highest BCUT2D eigenvalue weighted by molar-refractivity contribution is 5.04. The Bertz CT molecular complexity index is 244. The molecule has 3 aliphatic heterocycles. The van der Waals surface area contributed by atoms with Crippen LogP contribution in [0.1, 0.15) is 12.8 Å². The van der Waals surface area contributed by atoms with Crippen LogP contribution in [0.15, 0.2) is 0 Å². The van der Waals surface area contributed by atoms with Crippen molar-refractivity contribution < 1.29 is 0 Å². The third-order valence-corrected chi connectivity index (χ3v) is 4.68. The van der Waals surface area contributed by atoms with E-state index in [-0.39, 0.29) is 0 Å². The zero-order chi connectivity index (χ0) is 11.2. The lowest BCUT2D eigenvalue weighted by molar-refractivity contribution is -0.110. The zero-order valence-corrected chi connectivity index (χ0v) is 10.8. The van der Waals surface area contributed by atoms with Gasteiger partial charge in [-0.1, -0.05) is 0 Å². The molecule has 92 valence electrons. The monoisotopic (exact) mass is 223 g/mol. The van der Waals surface area contributed by atoms with Gasteiger partial charge in [0.2, 0.25) is 0 Å². The summed E-state index contributed by atoms with van der Waals surface area (Å²) in [7, 11) is 4.49. The van der Waals surface area contributed by atoms with Gasteiger partial charge in [-0.05, 0) is 45.9 Å². The fraction of sp³-hybridized carbons (Fsp3) is 1.00. The van der Waals surface area contributed by atoms with Crippen LogP contribution in [0.5, 0.6) is 0 Å². The van der Waals surface area contributed by atoms with Crippen molar-refractivity contribution in [1.82, 2.24) is 14.7 Å². The van der Waals surface area contributed by atoms with Crippen LogP contribution in [0.3, 0.4) is 0 Å². The molecule has 1 spiro atoms. The molecule has 0 amide bonds. The van der Waals surface area contributed by atoms with Crippen molar-refractivity contribution in [2.75, 3.05) is 59.9 Å². The zero-order valence-electron chi connectivity index (χ0n) is 10.8. The fourth-order valence-electron chi connectivity index (χ4n) is 3.94. The van der Waals surface area contributed by atoms with Gasteiger partial charge in [0.05, 0.1) is 0 Å². The topological polar surface area (TPSA) is 9.72 Å². The summed E-state index contributed by atoms with van der Waals surface area (Å²) >= 11 is 0. The summed E-state index contributed by atoms with van der Waals surface area (Å²) in [5.74, 6) is 0.978. The average Bonchev–Trinajstić information content (AvgIpc) is 2.16. The lowest BCUT2D eigenvalue weighted by atomic mass is 9.72. The second-order valence-electron chi connectivity index (χ2n) is 6.59. The Morgan fingerprint density at radius 2 is 1.56 bits per heavy atom. The Kier molecular flexibility index (Phi) is 2.73. The first-order valence-corrected chi connectivity index (χ1v) is 6.75. The largest absolute Gasteiger partial charge is 0.306 e. The molecule has 0 aromatic heterocycles. The summed E-state index contributed by atoms with van der Waals surface area (Å²) in [6.07, 6.45) is 2.83. The Morgan fingerprint density at radius 3 is 2.12 bits per heavy atom. The minimum absolute atomic E-state index is 0.722. The van der Waals surface area contributed by atoms with Gasteiger partial charge in [0.15, 0.2) is 0 Å². The van der Waals surface area contributed by atoms with Crippen LogP contribution in [0.4, 0.5) is 0 Å². The quantitative estimate of drug-likeness (QED) is 0.678. The lowest BCUT2D eigenvalue weighted by Crippen LogP contribution is -2.71. The molecule has 0 radical (unpaired) electrons. The molecular weight excluding hydrogens is 198 g/mol. The van der Waals surface area contributed by atoms with E-state index in [2.05, 4.69) is 28.8 Å². The standard InChI is InChI=1S/C13H25N3/c1-14-5-3-12(4-6-14)7-16-10-13(11-16)8-15(2)9-13/h12H,3-11H2,1-2H3. The van der Waals surface area contributed by atoms with Crippen LogP contribution in [0.2, 0.25) is 0 Å². The van der Waals surface area contributed by atoms with Gasteiger partial charge in [-0.15, -0.1) is 0 Å². The van der Waals surface area contributed by atoms with Crippen LogP contribution in [0.25, 0.3) is 0 Å². The SMILES string of the molecule is CN1CCC(CN2CC3(CN(C)C3)C2)CC1. The molecule has 0 aromatic carbocycles. The van der Waals surface area contributed by atoms with Gasteiger partial charge >= 0.3 is 0 Å². The third kappa shape index (κ3) is 2.01. The molecule has 3 heteroatoms. The maximum absolute atomic E-state index is 2.70. The van der Waals surface area contributed by atoms with Gasteiger partial charge in [-0.2, -0.15) is 0 Å². The number of hydrogen-bond donors (Lipinski definition) is 0. The van der Waals surface area contributed by atoms with Crippen molar-refractivity contribution >= 4 is 0 Å². The van der Waals surface area contributed by atoms with Gasteiger partial charge in [-0.25, -0.2) is 0 Å². The van der Waals surface area contributed by atoms with Crippen molar-refractivity contribution in [3.63, 3.8) is 0 Å². The first-order chi connectivity index (χ1) is 7.65. The minimum Gasteiger partial charge on any atom is -0.306 e. The number of rotatable bonds is 2. The molecule has 0 bridgehead atoms. The third-order valence-electron chi connectivity index (χ3n) is 4.68. The molecule has 0 aliphatic carbocycles. The normalized spacial score (nSPS) is 32.6. The summed E-state index contributed by atoms with van der Waals surface area (Å²) in [5, 5.41) is 0. The van der Waals surface area contributed by atoms with Gasteiger partial charge in [0, 0.05) is 38.1 Å². The highest BCUT2D eigenvalue weighted by Gasteiger charge is 2.50. The van der Waals surface area contributed by atoms with E-state index in [0.717, 1.165) is 11.3 Å². The van der Waals surface area contributed by atoms with Crippen molar-refractivity contribution in [3.8, 4) is 0 Å². The van der Waals surface area contributed by atoms with Crippen LogP contribution >= 0.6 is 0 Å². The summed E-state index contributed by atoms with van der Waals surface area (Å²) < 4.78 is 0. The predicted octanol–water partition coefficient (Wildman–Crippen LogP) is 0.576. The number of likely N-dealkylation sites (tertiary alicyclic amines) is 3. The molecule has 3 saturated heterocycles. The van der Waals surface area contributed by atoms with E-state index in [0.29, 0.717) is 0 Å². The minimum atomic E-state index is 0.722. The van der Waals surface area contributed by atoms with Gasteiger partial charge < -0.3 is 14.7 Å². The summed E-state index contributed by atoms with van der Waals surface area (Å²) in [6.45, 7) is 9.44. The molecule has 3 heterocycles. The highest BCUT2D eigenvalue weighted by atomic mass is 15.3. The molecule has 3 fully saturated rings. The van der Waals surface area contributed by atoms with E-state index in [1.807, 2.05) is 0 Å². The summed E-state index contributed by atoms with van der Waals surface area (Å²) in [5.41, 5.74) is 0.722. The second-order valence-corrected chi connectivity index (χ2v) is 6.59.